The molecule has 2 unspecified atom stereocenters. The zero-order valence-electron chi connectivity index (χ0n) is 14.9. The quantitative estimate of drug-likeness (QED) is 0.851. The highest BCUT2D eigenvalue weighted by Crippen LogP contribution is 2.46. The molecule has 0 amide bonds. The van der Waals surface area contributed by atoms with Gasteiger partial charge in [-0.05, 0) is 35.9 Å². The molecule has 118 valence electrons. The predicted molar refractivity (Wildman–Crippen MR) is 90.3 cm³/mol. The summed E-state index contributed by atoms with van der Waals surface area (Å²) in [4.78, 5) is 0. The molecule has 2 rings (SSSR count). The molecule has 1 aromatic rings. The Morgan fingerprint density at radius 1 is 1.05 bits per heavy atom. The van der Waals surface area contributed by atoms with Gasteiger partial charge in [0, 0.05) is 11.1 Å². The Labute approximate surface area is 130 Å². The molecule has 0 radical (unpaired) electrons. The minimum absolute atomic E-state index is 0.0895. The first-order chi connectivity index (χ1) is 9.59. The van der Waals surface area contributed by atoms with Gasteiger partial charge in [0.25, 0.3) is 0 Å². The Morgan fingerprint density at radius 3 is 2.10 bits per heavy atom. The Hall–Kier alpha value is -1.02. The van der Waals surface area contributed by atoms with Crippen molar-refractivity contribution in [2.75, 3.05) is 7.05 Å². The molecule has 2 atom stereocenters. The Balaban J connectivity index is 2.67. The van der Waals surface area contributed by atoms with Gasteiger partial charge in [-0.3, -0.25) is 0 Å². The molecule has 0 bridgehead atoms. The van der Waals surface area contributed by atoms with Crippen LogP contribution in [-0.4, -0.2) is 13.2 Å². The third-order valence-corrected chi connectivity index (χ3v) is 4.48. The molecule has 0 aliphatic carbocycles. The molecular weight excluding hydrogens is 258 g/mol. The van der Waals surface area contributed by atoms with Gasteiger partial charge in [-0.1, -0.05) is 54.5 Å². The highest BCUT2D eigenvalue weighted by molar-refractivity contribution is 5.53. The monoisotopic (exact) mass is 289 g/mol. The lowest BCUT2D eigenvalue weighted by atomic mass is 9.78. The number of hydrogen-bond donors (Lipinski definition) is 1. The van der Waals surface area contributed by atoms with E-state index in [-0.39, 0.29) is 16.9 Å². The molecule has 1 N–H and O–H groups in total. The highest BCUT2D eigenvalue weighted by atomic mass is 16.5. The minimum Gasteiger partial charge on any atom is -0.488 e. The molecule has 2 nitrogen and oxygen atoms in total. The van der Waals surface area contributed by atoms with Gasteiger partial charge in [-0.15, -0.1) is 0 Å². The van der Waals surface area contributed by atoms with Crippen molar-refractivity contribution in [2.24, 2.45) is 0 Å². The van der Waals surface area contributed by atoms with E-state index in [4.69, 9.17) is 4.74 Å². The molecule has 0 spiro atoms. The lowest BCUT2D eigenvalue weighted by molar-refractivity contribution is 0.186. The second kappa shape index (κ2) is 5.31. The molecule has 1 heterocycles. The number of ether oxygens (including phenoxy) is 1. The lowest BCUT2D eigenvalue weighted by Gasteiger charge is -2.27. The van der Waals surface area contributed by atoms with E-state index in [0.29, 0.717) is 6.04 Å². The normalized spacial score (nSPS) is 22.1. The van der Waals surface area contributed by atoms with Crippen LogP contribution < -0.4 is 10.1 Å². The summed E-state index contributed by atoms with van der Waals surface area (Å²) in [6.45, 7) is 15.8. The molecule has 0 saturated heterocycles. The van der Waals surface area contributed by atoms with Crippen LogP contribution in [-0.2, 0) is 10.8 Å². The lowest BCUT2D eigenvalue weighted by Crippen LogP contribution is -2.27. The molecular formula is C19H31NO. The average molecular weight is 289 g/mol. The summed E-state index contributed by atoms with van der Waals surface area (Å²) < 4.78 is 6.32. The first kappa shape index (κ1) is 16.4. The van der Waals surface area contributed by atoms with E-state index in [1.54, 1.807) is 0 Å². The molecule has 1 aliphatic rings. The summed E-state index contributed by atoms with van der Waals surface area (Å²) in [5.41, 5.74) is 4.30. The first-order valence-corrected chi connectivity index (χ1v) is 8.12. The largest absolute Gasteiger partial charge is 0.488 e. The van der Waals surface area contributed by atoms with Crippen molar-refractivity contribution in [2.45, 2.75) is 77.9 Å². The standard InChI is InChI=1S/C19H31NO/c1-9-15-16(20-8)13-10-12(18(2,3)4)11-14(17(13)21-15)19(5,6)7/h10-11,15-16,20H,9H2,1-8H3. The van der Waals surface area contributed by atoms with Crippen LogP contribution in [0.25, 0.3) is 0 Å². The second-order valence-electron chi connectivity index (χ2n) is 8.27. The van der Waals surface area contributed by atoms with Crippen molar-refractivity contribution in [3.63, 3.8) is 0 Å². The van der Waals surface area contributed by atoms with Crippen LogP contribution in [0.5, 0.6) is 5.75 Å². The Bertz CT molecular complexity index is 520. The van der Waals surface area contributed by atoms with Crippen molar-refractivity contribution >= 4 is 0 Å². The SMILES string of the molecule is CCC1Oc2c(cc(C(C)(C)C)cc2C(C)(C)C)C1NC. The summed E-state index contributed by atoms with van der Waals surface area (Å²) in [6, 6.07) is 5.00. The number of likely N-dealkylation sites (N-methyl/N-ethyl adjacent to an activating group) is 1. The zero-order chi connectivity index (χ0) is 16.0. The second-order valence-corrected chi connectivity index (χ2v) is 8.27. The maximum atomic E-state index is 6.32. The van der Waals surface area contributed by atoms with Crippen LogP contribution in [0.4, 0.5) is 0 Å². The topological polar surface area (TPSA) is 21.3 Å². The van der Waals surface area contributed by atoms with E-state index < -0.39 is 0 Å². The van der Waals surface area contributed by atoms with Crippen LogP contribution in [0.15, 0.2) is 12.1 Å². The molecule has 0 fully saturated rings. The van der Waals surface area contributed by atoms with Crippen LogP contribution in [0.1, 0.15) is 77.6 Å². The number of fused-ring (bicyclic) bond motifs is 1. The van der Waals surface area contributed by atoms with E-state index in [9.17, 15) is 0 Å². The smallest absolute Gasteiger partial charge is 0.128 e. The maximum Gasteiger partial charge on any atom is 0.128 e. The van der Waals surface area contributed by atoms with E-state index in [1.165, 1.54) is 16.7 Å². The number of benzene rings is 1. The fourth-order valence-corrected chi connectivity index (χ4v) is 3.08. The third-order valence-electron chi connectivity index (χ3n) is 4.48. The van der Waals surface area contributed by atoms with E-state index in [0.717, 1.165) is 12.2 Å². The molecule has 21 heavy (non-hydrogen) atoms. The third kappa shape index (κ3) is 2.96. The summed E-state index contributed by atoms with van der Waals surface area (Å²) in [7, 11) is 2.03. The van der Waals surface area contributed by atoms with Gasteiger partial charge in [0.15, 0.2) is 0 Å². The highest BCUT2D eigenvalue weighted by Gasteiger charge is 2.37. The number of hydrogen-bond acceptors (Lipinski definition) is 2. The summed E-state index contributed by atoms with van der Waals surface area (Å²) >= 11 is 0. The van der Waals surface area contributed by atoms with Crippen molar-refractivity contribution in [3.05, 3.63) is 28.8 Å². The minimum atomic E-state index is 0.0895. The Kier molecular flexibility index (Phi) is 4.14. The summed E-state index contributed by atoms with van der Waals surface area (Å²) in [5.74, 6) is 1.11. The van der Waals surface area contributed by atoms with Crippen molar-refractivity contribution in [3.8, 4) is 5.75 Å². The van der Waals surface area contributed by atoms with E-state index in [2.05, 4.69) is 65.9 Å². The molecule has 0 aromatic heterocycles. The summed E-state index contributed by atoms with van der Waals surface area (Å²) in [5, 5.41) is 3.45. The first-order valence-electron chi connectivity index (χ1n) is 8.12. The van der Waals surface area contributed by atoms with Gasteiger partial charge in [-0.2, -0.15) is 0 Å². The van der Waals surface area contributed by atoms with Gasteiger partial charge in [0.05, 0.1) is 6.04 Å². The fraction of sp³-hybridized carbons (Fsp3) is 0.684. The Morgan fingerprint density at radius 2 is 1.67 bits per heavy atom. The van der Waals surface area contributed by atoms with Crippen molar-refractivity contribution in [1.29, 1.82) is 0 Å². The summed E-state index contributed by atoms with van der Waals surface area (Å²) in [6.07, 6.45) is 1.26. The van der Waals surface area contributed by atoms with E-state index >= 15 is 0 Å². The zero-order valence-corrected chi connectivity index (χ0v) is 14.9. The van der Waals surface area contributed by atoms with Crippen LogP contribution in [0.2, 0.25) is 0 Å². The van der Waals surface area contributed by atoms with Crippen LogP contribution >= 0.6 is 0 Å². The number of nitrogens with one attached hydrogen (secondary N) is 1. The van der Waals surface area contributed by atoms with Gasteiger partial charge in [0.1, 0.15) is 11.9 Å². The van der Waals surface area contributed by atoms with Crippen LogP contribution in [0.3, 0.4) is 0 Å². The molecule has 1 aliphatic heterocycles. The molecule has 2 heteroatoms. The average Bonchev–Trinajstić information content (AvgIpc) is 2.72. The molecule has 0 saturated carbocycles. The van der Waals surface area contributed by atoms with Crippen molar-refractivity contribution in [1.82, 2.24) is 5.32 Å². The van der Waals surface area contributed by atoms with Gasteiger partial charge in [-0.25, -0.2) is 0 Å². The van der Waals surface area contributed by atoms with Gasteiger partial charge in [0.2, 0.25) is 0 Å². The van der Waals surface area contributed by atoms with Gasteiger partial charge >= 0.3 is 0 Å². The van der Waals surface area contributed by atoms with Crippen LogP contribution in [0, 0.1) is 0 Å². The van der Waals surface area contributed by atoms with Gasteiger partial charge < -0.3 is 10.1 Å². The van der Waals surface area contributed by atoms with E-state index in [1.807, 2.05) is 7.05 Å². The predicted octanol–water partition coefficient (Wildman–Crippen LogP) is 4.71. The molecule has 1 aromatic carbocycles. The number of rotatable bonds is 2. The maximum absolute atomic E-state index is 6.32. The van der Waals surface area contributed by atoms with Crippen molar-refractivity contribution < 1.29 is 4.74 Å². The fourth-order valence-electron chi connectivity index (χ4n) is 3.08.